The lowest BCUT2D eigenvalue weighted by atomic mass is 10.1. The smallest absolute Gasteiger partial charge is 0.339 e. The van der Waals surface area contributed by atoms with Gasteiger partial charge in [0.15, 0.2) is 33.9 Å². The number of carbonyl (C=O) groups excluding carboxylic acids is 2. The Bertz CT molecular complexity index is 906. The van der Waals surface area contributed by atoms with E-state index in [0.717, 1.165) is 18.4 Å². The molecule has 0 aliphatic heterocycles. The van der Waals surface area contributed by atoms with Crippen molar-refractivity contribution < 1.29 is 31.5 Å². The van der Waals surface area contributed by atoms with Gasteiger partial charge in [-0.05, 0) is 30.3 Å². The normalized spacial score (nSPS) is 11.1. The number of ether oxygens (including phenoxy) is 1. The maximum atomic E-state index is 13.1. The molecule has 0 saturated carbocycles. The number of hydrogen-bond donors (Lipinski definition) is 0. The highest BCUT2D eigenvalue weighted by molar-refractivity contribution is 7.90. The molecule has 126 valence electrons. The third-order valence-corrected chi connectivity index (χ3v) is 4.24. The number of ketones is 1. The molecule has 5 nitrogen and oxygen atoms in total. The molecule has 0 saturated heterocycles. The molecule has 0 bridgehead atoms. The van der Waals surface area contributed by atoms with Gasteiger partial charge in [-0.15, -0.1) is 0 Å². The van der Waals surface area contributed by atoms with Crippen LogP contribution in [0.15, 0.2) is 47.4 Å². The molecule has 0 atom stereocenters. The van der Waals surface area contributed by atoms with Crippen molar-refractivity contribution in [2.75, 3.05) is 12.9 Å². The molecule has 2 aromatic rings. The lowest BCUT2D eigenvalue weighted by molar-refractivity contribution is 0.0471. The second-order valence-corrected chi connectivity index (χ2v) is 6.88. The van der Waals surface area contributed by atoms with Crippen molar-refractivity contribution in [1.29, 1.82) is 0 Å². The van der Waals surface area contributed by atoms with Crippen LogP contribution in [0.5, 0.6) is 0 Å². The van der Waals surface area contributed by atoms with Crippen molar-refractivity contribution in [3.63, 3.8) is 0 Å². The van der Waals surface area contributed by atoms with Gasteiger partial charge in [0, 0.05) is 11.8 Å². The van der Waals surface area contributed by atoms with Crippen LogP contribution in [-0.4, -0.2) is 33.0 Å². The van der Waals surface area contributed by atoms with E-state index in [9.17, 15) is 26.8 Å². The van der Waals surface area contributed by atoms with E-state index in [1.54, 1.807) is 0 Å². The van der Waals surface area contributed by atoms with Crippen LogP contribution in [0.4, 0.5) is 8.78 Å². The van der Waals surface area contributed by atoms with Crippen molar-refractivity contribution in [1.82, 2.24) is 0 Å². The lowest BCUT2D eigenvalue weighted by Crippen LogP contribution is -2.16. The summed E-state index contributed by atoms with van der Waals surface area (Å²) in [6.45, 7) is -0.734. The SMILES string of the molecule is CS(=O)(=O)c1ccccc1C(=O)OCC(=O)c1ccc(F)c(F)c1. The topological polar surface area (TPSA) is 77.5 Å². The van der Waals surface area contributed by atoms with Crippen LogP contribution >= 0.6 is 0 Å². The van der Waals surface area contributed by atoms with Crippen molar-refractivity contribution in [2.24, 2.45) is 0 Å². The van der Waals surface area contributed by atoms with Crippen molar-refractivity contribution in [2.45, 2.75) is 4.90 Å². The molecule has 0 unspecified atom stereocenters. The third kappa shape index (κ3) is 4.02. The average molecular weight is 354 g/mol. The zero-order valence-electron chi connectivity index (χ0n) is 12.5. The Morgan fingerprint density at radius 1 is 1.04 bits per heavy atom. The fourth-order valence-corrected chi connectivity index (χ4v) is 2.80. The lowest BCUT2D eigenvalue weighted by Gasteiger charge is -2.08. The van der Waals surface area contributed by atoms with Crippen LogP contribution in [0.2, 0.25) is 0 Å². The minimum absolute atomic E-state index is 0.168. The monoisotopic (exact) mass is 354 g/mol. The molecular weight excluding hydrogens is 342 g/mol. The second-order valence-electron chi connectivity index (χ2n) is 4.90. The van der Waals surface area contributed by atoms with Gasteiger partial charge in [-0.2, -0.15) is 0 Å². The van der Waals surface area contributed by atoms with Crippen LogP contribution in [0.1, 0.15) is 20.7 Å². The quantitative estimate of drug-likeness (QED) is 0.609. The summed E-state index contributed by atoms with van der Waals surface area (Å²) < 4.78 is 54.0. The fraction of sp³-hybridized carbons (Fsp3) is 0.125. The molecule has 0 heterocycles. The van der Waals surface area contributed by atoms with Crippen LogP contribution in [-0.2, 0) is 14.6 Å². The van der Waals surface area contributed by atoms with Gasteiger partial charge in [0.25, 0.3) is 0 Å². The Hall–Kier alpha value is -2.61. The Labute approximate surface area is 136 Å². The largest absolute Gasteiger partial charge is 0.454 e. The number of hydrogen-bond acceptors (Lipinski definition) is 5. The Kier molecular flexibility index (Phi) is 5.08. The molecule has 0 radical (unpaired) electrons. The van der Waals surface area contributed by atoms with E-state index >= 15 is 0 Å². The molecule has 0 spiro atoms. The zero-order valence-corrected chi connectivity index (χ0v) is 13.3. The number of halogens is 2. The van der Waals surface area contributed by atoms with Crippen molar-refractivity contribution in [3.05, 3.63) is 65.2 Å². The van der Waals surface area contributed by atoms with Gasteiger partial charge in [-0.25, -0.2) is 22.0 Å². The van der Waals surface area contributed by atoms with E-state index in [2.05, 4.69) is 0 Å². The maximum Gasteiger partial charge on any atom is 0.339 e. The molecule has 2 aromatic carbocycles. The minimum Gasteiger partial charge on any atom is -0.454 e. The molecule has 0 amide bonds. The molecular formula is C16H12F2O5S. The van der Waals surface area contributed by atoms with Crippen LogP contribution < -0.4 is 0 Å². The molecule has 0 fully saturated rings. The summed E-state index contributed by atoms with van der Waals surface area (Å²) in [7, 11) is -3.66. The first-order valence-corrected chi connectivity index (χ1v) is 8.54. The summed E-state index contributed by atoms with van der Waals surface area (Å²) in [4.78, 5) is 23.6. The predicted molar refractivity (Wildman–Crippen MR) is 80.5 cm³/mol. The highest BCUT2D eigenvalue weighted by atomic mass is 32.2. The van der Waals surface area contributed by atoms with Crippen molar-refractivity contribution in [3.8, 4) is 0 Å². The third-order valence-electron chi connectivity index (χ3n) is 3.08. The number of Topliss-reactive ketones (excluding diaryl/α,β-unsaturated/α-hetero) is 1. The minimum atomic E-state index is -3.66. The molecule has 0 aliphatic carbocycles. The van der Waals surface area contributed by atoms with E-state index < -0.39 is 39.8 Å². The van der Waals surface area contributed by atoms with Crippen molar-refractivity contribution >= 4 is 21.6 Å². The van der Waals surface area contributed by atoms with E-state index in [1.165, 1.54) is 24.3 Å². The Morgan fingerprint density at radius 3 is 2.33 bits per heavy atom. The van der Waals surface area contributed by atoms with E-state index in [0.29, 0.717) is 6.07 Å². The summed E-state index contributed by atoms with van der Waals surface area (Å²) >= 11 is 0. The van der Waals surface area contributed by atoms with Crippen LogP contribution in [0.3, 0.4) is 0 Å². The number of benzene rings is 2. The van der Waals surface area contributed by atoms with E-state index in [4.69, 9.17) is 4.74 Å². The maximum absolute atomic E-state index is 13.1. The predicted octanol–water partition coefficient (Wildman–Crippen LogP) is 2.41. The molecule has 0 aromatic heterocycles. The molecule has 0 N–H and O–H groups in total. The first kappa shape index (κ1) is 17.7. The van der Waals surface area contributed by atoms with Gasteiger partial charge < -0.3 is 4.74 Å². The summed E-state index contributed by atoms with van der Waals surface area (Å²) in [5.41, 5.74) is -0.379. The number of esters is 1. The first-order chi connectivity index (χ1) is 11.2. The van der Waals surface area contributed by atoms with Crippen LogP contribution in [0, 0.1) is 11.6 Å². The summed E-state index contributed by atoms with van der Waals surface area (Å²) in [6.07, 6.45) is 0.936. The zero-order chi connectivity index (χ0) is 17.9. The van der Waals surface area contributed by atoms with Gasteiger partial charge in [0.1, 0.15) is 0 Å². The number of carbonyl (C=O) groups is 2. The van der Waals surface area contributed by atoms with Gasteiger partial charge in [-0.1, -0.05) is 12.1 Å². The standard InChI is InChI=1S/C16H12F2O5S/c1-24(21,22)15-5-3-2-4-11(15)16(20)23-9-14(19)10-6-7-12(17)13(18)8-10/h2-8H,9H2,1H3. The average Bonchev–Trinajstić information content (AvgIpc) is 2.54. The van der Waals surface area contributed by atoms with E-state index in [1.807, 2.05) is 0 Å². The molecule has 2 rings (SSSR count). The van der Waals surface area contributed by atoms with Gasteiger partial charge in [0.2, 0.25) is 0 Å². The molecule has 24 heavy (non-hydrogen) atoms. The second kappa shape index (κ2) is 6.88. The summed E-state index contributed by atoms with van der Waals surface area (Å²) in [6, 6.07) is 7.91. The highest BCUT2D eigenvalue weighted by Gasteiger charge is 2.20. The fourth-order valence-electron chi connectivity index (χ4n) is 1.92. The van der Waals surface area contributed by atoms with Gasteiger partial charge >= 0.3 is 5.97 Å². The van der Waals surface area contributed by atoms with E-state index in [-0.39, 0.29) is 16.0 Å². The Balaban J connectivity index is 2.14. The van der Waals surface area contributed by atoms with Gasteiger partial charge in [0.05, 0.1) is 10.5 Å². The molecule has 0 aliphatic rings. The molecule has 8 heteroatoms. The number of sulfone groups is 1. The van der Waals surface area contributed by atoms with Crippen LogP contribution in [0.25, 0.3) is 0 Å². The summed E-state index contributed by atoms with van der Waals surface area (Å²) in [5, 5.41) is 0. The highest BCUT2D eigenvalue weighted by Crippen LogP contribution is 2.16. The van der Waals surface area contributed by atoms with Gasteiger partial charge in [-0.3, -0.25) is 4.79 Å². The Morgan fingerprint density at radius 2 is 1.71 bits per heavy atom. The first-order valence-electron chi connectivity index (χ1n) is 6.64. The summed E-state index contributed by atoms with van der Waals surface area (Å²) in [5.74, 6) is -4.06. The number of rotatable bonds is 5.